The zero-order valence-corrected chi connectivity index (χ0v) is 19.0. The number of methoxy groups -OCH3 is 1. The molecule has 1 atom stereocenters. The van der Waals surface area contributed by atoms with Gasteiger partial charge < -0.3 is 24.6 Å². The standard InChI is InChI=1S/C24H25N3O7/c1-26-15(8-23(30)27(2)24(26)31)12-25-22(29)10-17(14-4-6-16(32-3)7-5-14)18-9-20-21(11-19(18)28)34-13-33-20/h4-9,11,17,28H,10,12-13H2,1-3H3,(H,25,29). The van der Waals surface area contributed by atoms with Gasteiger partial charge in [0.2, 0.25) is 12.7 Å². The van der Waals surface area contributed by atoms with Gasteiger partial charge in [0.05, 0.1) is 13.7 Å². The zero-order valence-electron chi connectivity index (χ0n) is 19.0. The zero-order chi connectivity index (χ0) is 24.4. The summed E-state index contributed by atoms with van der Waals surface area (Å²) in [5.74, 6) is 0.728. The summed E-state index contributed by atoms with van der Waals surface area (Å²) in [4.78, 5) is 37.0. The van der Waals surface area contributed by atoms with Crippen molar-refractivity contribution in [2.45, 2.75) is 18.9 Å². The maximum atomic E-state index is 12.9. The lowest BCUT2D eigenvalue weighted by Crippen LogP contribution is -2.39. The highest BCUT2D eigenvalue weighted by Gasteiger charge is 2.25. The summed E-state index contributed by atoms with van der Waals surface area (Å²) in [5.41, 5.74) is 0.747. The van der Waals surface area contributed by atoms with Crippen LogP contribution in [-0.2, 0) is 25.4 Å². The predicted molar refractivity (Wildman–Crippen MR) is 122 cm³/mol. The third kappa shape index (κ3) is 4.47. The van der Waals surface area contributed by atoms with Crippen LogP contribution in [0.5, 0.6) is 23.0 Å². The Morgan fingerprint density at radius 2 is 1.76 bits per heavy atom. The number of hydrogen-bond donors (Lipinski definition) is 2. The first kappa shape index (κ1) is 23.0. The van der Waals surface area contributed by atoms with Gasteiger partial charge in [-0.05, 0) is 23.8 Å². The van der Waals surface area contributed by atoms with Crippen molar-refractivity contribution in [1.29, 1.82) is 0 Å². The van der Waals surface area contributed by atoms with Gasteiger partial charge in [0.25, 0.3) is 5.56 Å². The first-order valence-corrected chi connectivity index (χ1v) is 10.6. The second kappa shape index (κ2) is 9.34. The quantitative estimate of drug-likeness (QED) is 0.538. The van der Waals surface area contributed by atoms with Gasteiger partial charge >= 0.3 is 5.69 Å². The van der Waals surface area contributed by atoms with E-state index in [1.54, 1.807) is 25.3 Å². The minimum atomic E-state index is -0.507. The molecule has 1 aromatic heterocycles. The van der Waals surface area contributed by atoms with Crippen LogP contribution in [-0.4, -0.2) is 34.1 Å². The van der Waals surface area contributed by atoms with Crippen LogP contribution in [0.4, 0.5) is 0 Å². The Bertz CT molecular complexity index is 1340. The molecule has 0 saturated heterocycles. The highest BCUT2D eigenvalue weighted by molar-refractivity contribution is 5.78. The molecule has 0 fully saturated rings. The number of fused-ring (bicyclic) bond motifs is 1. The maximum absolute atomic E-state index is 12.9. The van der Waals surface area contributed by atoms with Crippen LogP contribution in [0.3, 0.4) is 0 Å². The van der Waals surface area contributed by atoms with E-state index in [9.17, 15) is 19.5 Å². The molecule has 0 radical (unpaired) electrons. The molecule has 10 nitrogen and oxygen atoms in total. The first-order valence-electron chi connectivity index (χ1n) is 10.6. The number of aromatic hydroxyl groups is 1. The fraction of sp³-hybridized carbons (Fsp3) is 0.292. The van der Waals surface area contributed by atoms with E-state index in [1.807, 2.05) is 12.1 Å². The lowest BCUT2D eigenvalue weighted by Gasteiger charge is -2.20. The number of nitrogens with one attached hydrogen (secondary N) is 1. The van der Waals surface area contributed by atoms with Gasteiger partial charge in [-0.2, -0.15) is 0 Å². The van der Waals surface area contributed by atoms with Crippen molar-refractivity contribution < 1.29 is 24.1 Å². The fourth-order valence-electron chi connectivity index (χ4n) is 3.86. The van der Waals surface area contributed by atoms with Crippen molar-refractivity contribution in [2.24, 2.45) is 14.1 Å². The van der Waals surface area contributed by atoms with Crippen molar-refractivity contribution in [3.63, 3.8) is 0 Å². The van der Waals surface area contributed by atoms with Crippen molar-refractivity contribution in [3.8, 4) is 23.0 Å². The molecule has 10 heteroatoms. The Kier molecular flexibility index (Phi) is 6.31. The van der Waals surface area contributed by atoms with Gasteiger partial charge in [-0.3, -0.25) is 18.7 Å². The number of hydrogen-bond acceptors (Lipinski definition) is 7. The lowest BCUT2D eigenvalue weighted by atomic mass is 9.87. The minimum absolute atomic E-state index is 0.00166. The number of carbonyl (C=O) groups excluding carboxylic acids is 1. The van der Waals surface area contributed by atoms with Gasteiger partial charge in [-0.15, -0.1) is 0 Å². The normalized spacial score (nSPS) is 12.9. The summed E-state index contributed by atoms with van der Waals surface area (Å²) in [5, 5.41) is 13.5. The van der Waals surface area contributed by atoms with E-state index in [2.05, 4.69) is 5.32 Å². The molecule has 2 aromatic carbocycles. The van der Waals surface area contributed by atoms with Crippen molar-refractivity contribution in [1.82, 2.24) is 14.5 Å². The summed E-state index contributed by atoms with van der Waals surface area (Å²) in [6.07, 6.45) is -0.00166. The molecule has 0 aliphatic carbocycles. The Morgan fingerprint density at radius 3 is 2.44 bits per heavy atom. The van der Waals surface area contributed by atoms with E-state index in [1.165, 1.54) is 30.8 Å². The Labute approximate surface area is 194 Å². The molecular weight excluding hydrogens is 442 g/mol. The third-order valence-electron chi connectivity index (χ3n) is 5.90. The fourth-order valence-corrected chi connectivity index (χ4v) is 3.86. The van der Waals surface area contributed by atoms with Crippen LogP contribution < -0.4 is 30.8 Å². The highest BCUT2D eigenvalue weighted by atomic mass is 16.7. The Balaban J connectivity index is 1.61. The second-order valence-corrected chi connectivity index (χ2v) is 7.95. The van der Waals surface area contributed by atoms with Crippen LogP contribution in [0.15, 0.2) is 52.1 Å². The van der Waals surface area contributed by atoms with Crippen LogP contribution in [0, 0.1) is 0 Å². The number of phenols is 1. The summed E-state index contributed by atoms with van der Waals surface area (Å²) in [6, 6.07) is 11.7. The van der Waals surface area contributed by atoms with Gasteiger partial charge in [0, 0.05) is 49.8 Å². The Morgan fingerprint density at radius 1 is 1.09 bits per heavy atom. The van der Waals surface area contributed by atoms with E-state index < -0.39 is 17.2 Å². The second-order valence-electron chi connectivity index (χ2n) is 7.95. The van der Waals surface area contributed by atoms with E-state index in [0.29, 0.717) is 28.5 Å². The summed E-state index contributed by atoms with van der Waals surface area (Å²) in [6.45, 7) is 0.0598. The monoisotopic (exact) mass is 467 g/mol. The number of amides is 1. The molecule has 2 N–H and O–H groups in total. The van der Waals surface area contributed by atoms with Crippen LogP contribution in [0.25, 0.3) is 0 Å². The molecule has 0 spiro atoms. The van der Waals surface area contributed by atoms with E-state index in [4.69, 9.17) is 14.2 Å². The number of aromatic nitrogens is 2. The molecule has 1 aliphatic heterocycles. The average molecular weight is 467 g/mol. The third-order valence-corrected chi connectivity index (χ3v) is 5.90. The summed E-state index contributed by atoms with van der Waals surface area (Å²) in [7, 11) is 4.49. The minimum Gasteiger partial charge on any atom is -0.508 e. The summed E-state index contributed by atoms with van der Waals surface area (Å²) < 4.78 is 18.3. The number of ether oxygens (including phenoxy) is 3. The van der Waals surface area contributed by atoms with Gasteiger partial charge in [-0.1, -0.05) is 12.1 Å². The molecular formula is C24H25N3O7. The van der Waals surface area contributed by atoms with E-state index >= 15 is 0 Å². The van der Waals surface area contributed by atoms with Crippen molar-refractivity contribution >= 4 is 5.91 Å². The molecule has 3 aromatic rings. The molecule has 1 unspecified atom stereocenters. The predicted octanol–water partition coefficient (Wildman–Crippen LogP) is 1.37. The average Bonchev–Trinajstić information content (AvgIpc) is 3.29. The molecule has 1 aliphatic rings. The number of carbonyl (C=O) groups is 1. The van der Waals surface area contributed by atoms with Crippen LogP contribution >= 0.6 is 0 Å². The SMILES string of the molecule is COc1ccc(C(CC(=O)NCc2cc(=O)n(C)c(=O)n2C)c2cc3c(cc2O)OCO3)cc1. The van der Waals surface area contributed by atoms with Gasteiger partial charge in [0.1, 0.15) is 11.5 Å². The van der Waals surface area contributed by atoms with Crippen LogP contribution in [0.1, 0.15) is 29.2 Å². The largest absolute Gasteiger partial charge is 0.508 e. The van der Waals surface area contributed by atoms with E-state index in [0.717, 1.165) is 10.1 Å². The number of phenolic OH excluding ortho intramolecular Hbond substituents is 1. The Hall–Kier alpha value is -4.21. The first-order chi connectivity index (χ1) is 16.3. The van der Waals surface area contributed by atoms with Gasteiger partial charge in [-0.25, -0.2) is 4.79 Å². The molecule has 2 heterocycles. The number of nitrogens with zero attached hydrogens (tertiary/aromatic N) is 2. The maximum Gasteiger partial charge on any atom is 0.330 e. The molecule has 178 valence electrons. The molecule has 0 bridgehead atoms. The molecule has 34 heavy (non-hydrogen) atoms. The molecule has 1 amide bonds. The highest BCUT2D eigenvalue weighted by Crippen LogP contribution is 2.43. The topological polar surface area (TPSA) is 121 Å². The van der Waals surface area contributed by atoms with E-state index in [-0.39, 0.29) is 31.4 Å². The van der Waals surface area contributed by atoms with Gasteiger partial charge in [0.15, 0.2) is 11.5 Å². The lowest BCUT2D eigenvalue weighted by molar-refractivity contribution is -0.121. The van der Waals surface area contributed by atoms with Crippen molar-refractivity contribution in [2.75, 3.05) is 13.9 Å². The number of rotatable bonds is 7. The molecule has 0 saturated carbocycles. The molecule has 4 rings (SSSR count). The summed E-state index contributed by atoms with van der Waals surface area (Å²) >= 11 is 0. The smallest absolute Gasteiger partial charge is 0.330 e. The van der Waals surface area contributed by atoms with Crippen molar-refractivity contribution in [3.05, 3.63) is 80.1 Å². The number of benzene rings is 2. The van der Waals surface area contributed by atoms with Crippen LogP contribution in [0.2, 0.25) is 0 Å².